The van der Waals surface area contributed by atoms with Crippen LogP contribution in [0.1, 0.15) is 24.8 Å². The van der Waals surface area contributed by atoms with Crippen molar-refractivity contribution >= 4 is 17.7 Å². The highest BCUT2D eigenvalue weighted by atomic mass is 32.2. The summed E-state index contributed by atoms with van der Waals surface area (Å²) in [5, 5.41) is 0.0872. The third-order valence-electron chi connectivity index (χ3n) is 3.79. The molecule has 120 valence electrons. The second-order valence-electron chi connectivity index (χ2n) is 5.90. The maximum absolute atomic E-state index is 12.4. The lowest BCUT2D eigenvalue weighted by Gasteiger charge is -2.26. The second kappa shape index (κ2) is 7.09. The van der Waals surface area contributed by atoms with Crippen LogP contribution in [0.4, 0.5) is 0 Å². The first-order valence-corrected chi connectivity index (χ1v) is 8.95. The molecule has 1 aliphatic heterocycles. The van der Waals surface area contributed by atoms with Crippen LogP contribution in [0.2, 0.25) is 0 Å². The summed E-state index contributed by atoms with van der Waals surface area (Å²) in [4.78, 5) is 14.4. The van der Waals surface area contributed by atoms with Gasteiger partial charge in [-0.2, -0.15) is 0 Å². The lowest BCUT2D eigenvalue weighted by Crippen LogP contribution is -2.33. The van der Waals surface area contributed by atoms with Crippen LogP contribution in [0, 0.1) is 5.92 Å². The van der Waals surface area contributed by atoms with Gasteiger partial charge in [0.1, 0.15) is 16.9 Å². The zero-order valence-corrected chi connectivity index (χ0v) is 14.3. The minimum absolute atomic E-state index is 0.0277. The Hall–Kier alpha value is -1.94. The molecule has 0 aliphatic carbocycles. The van der Waals surface area contributed by atoms with Crippen molar-refractivity contribution < 1.29 is 9.53 Å². The molecule has 1 fully saturated rings. The molecule has 0 unspecified atom stereocenters. The zero-order valence-electron chi connectivity index (χ0n) is 13.4. The Labute approximate surface area is 141 Å². The summed E-state index contributed by atoms with van der Waals surface area (Å²) in [5.41, 5.74) is 1.12. The van der Waals surface area contributed by atoms with Gasteiger partial charge in [0, 0.05) is 18.2 Å². The summed E-state index contributed by atoms with van der Waals surface area (Å²) in [5.74, 6) is 2.85. The topological polar surface area (TPSA) is 29.5 Å². The average Bonchev–Trinajstić information content (AvgIpc) is 3.05. The van der Waals surface area contributed by atoms with Gasteiger partial charge in [-0.15, -0.1) is 11.8 Å². The largest absolute Gasteiger partial charge is 0.457 e. The van der Waals surface area contributed by atoms with E-state index in [0.29, 0.717) is 0 Å². The molecule has 0 bridgehead atoms. The Bertz CT molecular complexity index is 672. The molecule has 1 amide bonds. The molecule has 0 aromatic heterocycles. The fraction of sp³-hybridized carbons (Fsp3) is 0.316. The van der Waals surface area contributed by atoms with Gasteiger partial charge in [0.15, 0.2) is 0 Å². The monoisotopic (exact) mass is 327 g/mol. The first-order chi connectivity index (χ1) is 11.1. The van der Waals surface area contributed by atoms with Crippen molar-refractivity contribution in [1.29, 1.82) is 0 Å². The Morgan fingerprint density at radius 2 is 1.87 bits per heavy atom. The quantitative estimate of drug-likeness (QED) is 0.814. The smallest absolute Gasteiger partial charge is 0.226 e. The van der Waals surface area contributed by atoms with Gasteiger partial charge in [0.05, 0.1) is 0 Å². The van der Waals surface area contributed by atoms with E-state index in [-0.39, 0.29) is 17.2 Å². The lowest BCUT2D eigenvalue weighted by molar-refractivity contribution is -0.134. The van der Waals surface area contributed by atoms with Crippen LogP contribution < -0.4 is 4.74 Å². The third kappa shape index (κ3) is 3.70. The Kier molecular flexibility index (Phi) is 4.91. The molecule has 1 heterocycles. The number of amides is 1. The molecular formula is C19H21NO2S. The molecule has 0 N–H and O–H groups in total. The van der Waals surface area contributed by atoms with Crippen LogP contribution in [0.3, 0.4) is 0 Å². The average molecular weight is 327 g/mol. The van der Waals surface area contributed by atoms with Crippen molar-refractivity contribution in [3.63, 3.8) is 0 Å². The molecule has 0 radical (unpaired) electrons. The van der Waals surface area contributed by atoms with Gasteiger partial charge in [-0.3, -0.25) is 4.79 Å². The Morgan fingerprint density at radius 3 is 2.61 bits per heavy atom. The van der Waals surface area contributed by atoms with E-state index in [4.69, 9.17) is 4.74 Å². The fourth-order valence-corrected chi connectivity index (χ4v) is 3.91. The zero-order chi connectivity index (χ0) is 16.2. The number of nitrogens with zero attached hydrogens (tertiary/aromatic N) is 1. The molecule has 1 aliphatic rings. The van der Waals surface area contributed by atoms with E-state index in [1.165, 1.54) is 0 Å². The fourth-order valence-electron chi connectivity index (χ4n) is 2.66. The van der Waals surface area contributed by atoms with Crippen molar-refractivity contribution in [2.75, 3.05) is 12.3 Å². The van der Waals surface area contributed by atoms with Crippen LogP contribution in [0.15, 0.2) is 54.6 Å². The number of thioether (sulfide) groups is 1. The molecule has 3 nitrogen and oxygen atoms in total. The number of para-hydroxylation sites is 1. The molecule has 0 spiro atoms. The van der Waals surface area contributed by atoms with Crippen LogP contribution in [0.5, 0.6) is 11.5 Å². The van der Waals surface area contributed by atoms with Gasteiger partial charge >= 0.3 is 0 Å². The number of benzene rings is 2. The van der Waals surface area contributed by atoms with E-state index >= 15 is 0 Å². The van der Waals surface area contributed by atoms with Gasteiger partial charge in [-0.1, -0.05) is 44.2 Å². The van der Waals surface area contributed by atoms with E-state index in [9.17, 15) is 4.79 Å². The van der Waals surface area contributed by atoms with Crippen LogP contribution in [-0.2, 0) is 4.79 Å². The Morgan fingerprint density at radius 1 is 1.13 bits per heavy atom. The van der Waals surface area contributed by atoms with E-state index in [1.807, 2.05) is 79.0 Å². The van der Waals surface area contributed by atoms with Crippen LogP contribution in [-0.4, -0.2) is 23.1 Å². The highest BCUT2D eigenvalue weighted by Crippen LogP contribution is 2.40. The molecule has 0 saturated carbocycles. The first kappa shape index (κ1) is 15.9. The summed E-state index contributed by atoms with van der Waals surface area (Å²) in [7, 11) is 0. The van der Waals surface area contributed by atoms with Gasteiger partial charge in [0.2, 0.25) is 5.91 Å². The summed E-state index contributed by atoms with van der Waals surface area (Å²) in [6, 6.07) is 17.8. The number of hydrogen-bond acceptors (Lipinski definition) is 3. The number of rotatable bonds is 4. The molecule has 2 aromatic rings. The first-order valence-electron chi connectivity index (χ1n) is 7.90. The van der Waals surface area contributed by atoms with Gasteiger partial charge in [-0.25, -0.2) is 0 Å². The van der Waals surface area contributed by atoms with Gasteiger partial charge in [-0.05, 0) is 29.8 Å². The molecule has 4 heteroatoms. The van der Waals surface area contributed by atoms with Crippen molar-refractivity contribution in [2.24, 2.45) is 5.92 Å². The van der Waals surface area contributed by atoms with Crippen LogP contribution in [0.25, 0.3) is 0 Å². The summed E-state index contributed by atoms with van der Waals surface area (Å²) < 4.78 is 5.91. The molecule has 23 heavy (non-hydrogen) atoms. The Balaban J connectivity index is 1.80. The van der Waals surface area contributed by atoms with Gasteiger partial charge in [0.25, 0.3) is 0 Å². The lowest BCUT2D eigenvalue weighted by atomic mass is 10.1. The summed E-state index contributed by atoms with van der Waals surface area (Å²) in [6.07, 6.45) is 0. The number of hydrogen-bond donors (Lipinski definition) is 0. The number of carbonyl (C=O) groups excluding carboxylic acids is 1. The standard InChI is InChI=1S/C19H21NO2S/c1-14(2)18(21)20-11-12-23-19(20)15-7-6-10-17(13-15)22-16-8-4-3-5-9-16/h3-10,13-14,19H,11-12H2,1-2H3/t19-/m1/s1. The molecule has 1 atom stereocenters. The normalized spacial score (nSPS) is 17.5. The predicted molar refractivity (Wildman–Crippen MR) is 94.7 cm³/mol. The highest BCUT2D eigenvalue weighted by Gasteiger charge is 2.31. The SMILES string of the molecule is CC(C)C(=O)N1CCS[C@@H]1c1cccc(Oc2ccccc2)c1. The second-order valence-corrected chi connectivity index (χ2v) is 7.09. The minimum Gasteiger partial charge on any atom is -0.457 e. The number of carbonyl (C=O) groups is 1. The van der Waals surface area contributed by atoms with Crippen LogP contribution >= 0.6 is 11.8 Å². The summed E-state index contributed by atoms with van der Waals surface area (Å²) >= 11 is 1.81. The highest BCUT2D eigenvalue weighted by molar-refractivity contribution is 7.99. The minimum atomic E-state index is 0.0277. The number of ether oxygens (including phenoxy) is 1. The van der Waals surface area contributed by atoms with Crippen molar-refractivity contribution in [2.45, 2.75) is 19.2 Å². The van der Waals surface area contributed by atoms with E-state index in [1.54, 1.807) is 0 Å². The molecule has 1 saturated heterocycles. The maximum atomic E-state index is 12.4. The van der Waals surface area contributed by atoms with E-state index < -0.39 is 0 Å². The van der Waals surface area contributed by atoms with E-state index in [2.05, 4.69) is 6.07 Å². The third-order valence-corrected chi connectivity index (χ3v) is 5.05. The summed E-state index contributed by atoms with van der Waals surface area (Å²) in [6.45, 7) is 4.73. The van der Waals surface area contributed by atoms with E-state index in [0.717, 1.165) is 29.4 Å². The van der Waals surface area contributed by atoms with Gasteiger partial charge < -0.3 is 9.64 Å². The molecule has 2 aromatic carbocycles. The maximum Gasteiger partial charge on any atom is 0.226 e. The predicted octanol–water partition coefficient (Wildman–Crippen LogP) is 4.71. The van der Waals surface area contributed by atoms with Crippen molar-refractivity contribution in [3.8, 4) is 11.5 Å². The van der Waals surface area contributed by atoms with Crippen molar-refractivity contribution in [3.05, 3.63) is 60.2 Å². The molecule has 3 rings (SSSR count). The van der Waals surface area contributed by atoms with Crippen molar-refractivity contribution in [1.82, 2.24) is 4.90 Å². The molecular weight excluding hydrogens is 306 g/mol.